The number of methoxy groups -OCH3 is 1. The molecule has 0 saturated carbocycles. The summed E-state index contributed by atoms with van der Waals surface area (Å²) in [6, 6.07) is 20.8. The molecule has 27 heavy (non-hydrogen) atoms. The molecule has 0 unspecified atom stereocenters. The van der Waals surface area contributed by atoms with Gasteiger partial charge in [-0.1, -0.05) is 48.0 Å². The maximum Gasteiger partial charge on any atom is 0.261 e. The predicted octanol–water partition coefficient (Wildman–Crippen LogP) is 4.47. The van der Waals surface area contributed by atoms with Crippen LogP contribution in [0.4, 0.5) is 0 Å². The van der Waals surface area contributed by atoms with Crippen molar-refractivity contribution < 1.29 is 14.3 Å². The summed E-state index contributed by atoms with van der Waals surface area (Å²) in [6.45, 7) is 2.27. The molecule has 2 amide bonds. The van der Waals surface area contributed by atoms with E-state index in [-0.39, 0.29) is 18.4 Å². The second kappa shape index (κ2) is 6.72. The summed E-state index contributed by atoms with van der Waals surface area (Å²) in [4.78, 5) is 26.5. The van der Waals surface area contributed by atoms with Crippen LogP contribution in [0, 0.1) is 6.92 Å². The third kappa shape index (κ3) is 2.99. The van der Waals surface area contributed by atoms with Crippen LogP contribution in [-0.2, 0) is 6.54 Å². The normalized spacial score (nSPS) is 13.0. The van der Waals surface area contributed by atoms with E-state index in [0.29, 0.717) is 11.1 Å². The van der Waals surface area contributed by atoms with E-state index in [2.05, 4.69) is 6.07 Å². The molecule has 4 rings (SSSR count). The van der Waals surface area contributed by atoms with Crippen LogP contribution in [0.1, 0.15) is 31.8 Å². The van der Waals surface area contributed by atoms with Crippen molar-refractivity contribution in [1.29, 1.82) is 0 Å². The van der Waals surface area contributed by atoms with Crippen LogP contribution in [0.2, 0.25) is 0 Å². The minimum Gasteiger partial charge on any atom is -0.496 e. The van der Waals surface area contributed by atoms with Gasteiger partial charge in [0.15, 0.2) is 0 Å². The van der Waals surface area contributed by atoms with Gasteiger partial charge in [0.1, 0.15) is 5.75 Å². The molecular formula is C23H19NO3. The maximum atomic E-state index is 12.6. The van der Waals surface area contributed by atoms with E-state index in [1.165, 1.54) is 4.90 Å². The Bertz CT molecular complexity index is 1020. The SMILES string of the molecule is COc1ccc(CN2C(=O)c3ccccc3C2=O)cc1-c1cccc(C)c1. The topological polar surface area (TPSA) is 46.6 Å². The standard InChI is InChI=1S/C23H19NO3/c1-15-6-5-7-17(12-15)20-13-16(10-11-21(20)27-2)14-24-22(25)18-8-3-4-9-19(18)23(24)26/h3-13H,14H2,1-2H3. The van der Waals surface area contributed by atoms with Crippen molar-refractivity contribution in [2.45, 2.75) is 13.5 Å². The molecule has 0 atom stereocenters. The smallest absolute Gasteiger partial charge is 0.261 e. The second-order valence-corrected chi connectivity index (χ2v) is 6.65. The van der Waals surface area contributed by atoms with Crippen molar-refractivity contribution in [2.75, 3.05) is 7.11 Å². The Hall–Kier alpha value is -3.40. The summed E-state index contributed by atoms with van der Waals surface area (Å²) < 4.78 is 5.51. The van der Waals surface area contributed by atoms with Gasteiger partial charge in [-0.15, -0.1) is 0 Å². The summed E-state index contributed by atoms with van der Waals surface area (Å²) >= 11 is 0. The molecule has 1 heterocycles. The lowest BCUT2D eigenvalue weighted by Crippen LogP contribution is -2.29. The Morgan fingerprint density at radius 1 is 0.815 bits per heavy atom. The van der Waals surface area contributed by atoms with E-state index < -0.39 is 0 Å². The zero-order valence-corrected chi connectivity index (χ0v) is 15.2. The molecule has 0 aliphatic carbocycles. The third-order valence-electron chi connectivity index (χ3n) is 4.81. The fourth-order valence-electron chi connectivity index (χ4n) is 3.46. The molecule has 0 saturated heterocycles. The van der Waals surface area contributed by atoms with Crippen molar-refractivity contribution >= 4 is 11.8 Å². The number of benzene rings is 3. The highest BCUT2D eigenvalue weighted by Gasteiger charge is 2.35. The quantitative estimate of drug-likeness (QED) is 0.648. The minimum atomic E-state index is -0.247. The Labute approximate surface area is 158 Å². The monoisotopic (exact) mass is 357 g/mol. The van der Waals surface area contributed by atoms with E-state index in [1.54, 1.807) is 31.4 Å². The van der Waals surface area contributed by atoms with Crippen LogP contribution < -0.4 is 4.74 Å². The van der Waals surface area contributed by atoms with Crippen molar-refractivity contribution in [3.05, 3.63) is 89.0 Å². The average Bonchev–Trinajstić information content (AvgIpc) is 2.93. The highest BCUT2D eigenvalue weighted by molar-refractivity contribution is 6.21. The van der Waals surface area contributed by atoms with E-state index in [0.717, 1.165) is 28.0 Å². The van der Waals surface area contributed by atoms with Crippen molar-refractivity contribution in [3.8, 4) is 16.9 Å². The van der Waals surface area contributed by atoms with Gasteiger partial charge >= 0.3 is 0 Å². The molecule has 4 heteroatoms. The first kappa shape index (κ1) is 17.0. The van der Waals surface area contributed by atoms with Gasteiger partial charge in [-0.05, 0) is 42.3 Å². The summed E-state index contributed by atoms with van der Waals surface area (Å²) in [5.74, 6) is 0.263. The number of fused-ring (bicyclic) bond motifs is 1. The number of hydrogen-bond donors (Lipinski definition) is 0. The highest BCUT2D eigenvalue weighted by atomic mass is 16.5. The summed E-state index contributed by atoms with van der Waals surface area (Å²) in [5.41, 5.74) is 4.94. The number of aryl methyl sites for hydroxylation is 1. The zero-order chi connectivity index (χ0) is 19.0. The van der Waals surface area contributed by atoms with Gasteiger partial charge in [-0.25, -0.2) is 0 Å². The molecule has 134 valence electrons. The van der Waals surface area contributed by atoms with Crippen molar-refractivity contribution in [3.63, 3.8) is 0 Å². The minimum absolute atomic E-state index is 0.231. The molecule has 3 aromatic carbocycles. The lowest BCUT2D eigenvalue weighted by atomic mass is 10.00. The molecule has 0 aromatic heterocycles. The van der Waals surface area contributed by atoms with Gasteiger partial charge < -0.3 is 4.74 Å². The predicted molar refractivity (Wildman–Crippen MR) is 104 cm³/mol. The largest absolute Gasteiger partial charge is 0.496 e. The van der Waals surface area contributed by atoms with Gasteiger partial charge in [0.2, 0.25) is 0 Å². The number of imide groups is 1. The molecule has 0 bridgehead atoms. The molecule has 4 nitrogen and oxygen atoms in total. The number of rotatable bonds is 4. The first-order valence-electron chi connectivity index (χ1n) is 8.77. The first-order valence-corrected chi connectivity index (χ1v) is 8.77. The van der Waals surface area contributed by atoms with Crippen LogP contribution in [0.5, 0.6) is 5.75 Å². The highest BCUT2D eigenvalue weighted by Crippen LogP contribution is 2.32. The van der Waals surface area contributed by atoms with E-state index in [9.17, 15) is 9.59 Å². The van der Waals surface area contributed by atoms with E-state index in [1.807, 2.05) is 43.3 Å². The van der Waals surface area contributed by atoms with Crippen LogP contribution in [0.3, 0.4) is 0 Å². The summed E-state index contributed by atoms with van der Waals surface area (Å²) in [7, 11) is 1.64. The molecule has 1 aliphatic heterocycles. The second-order valence-electron chi connectivity index (χ2n) is 6.65. The molecule has 0 spiro atoms. The Kier molecular flexibility index (Phi) is 4.24. The van der Waals surface area contributed by atoms with Gasteiger partial charge in [0.25, 0.3) is 11.8 Å². The van der Waals surface area contributed by atoms with Gasteiger partial charge in [-0.3, -0.25) is 14.5 Å². The van der Waals surface area contributed by atoms with E-state index in [4.69, 9.17) is 4.74 Å². The van der Waals surface area contributed by atoms with Gasteiger partial charge in [-0.2, -0.15) is 0 Å². The number of carbonyl (C=O) groups excluding carboxylic acids is 2. The van der Waals surface area contributed by atoms with Crippen molar-refractivity contribution in [1.82, 2.24) is 4.90 Å². The molecule has 0 radical (unpaired) electrons. The third-order valence-corrected chi connectivity index (χ3v) is 4.81. The number of ether oxygens (including phenoxy) is 1. The Morgan fingerprint density at radius 2 is 1.52 bits per heavy atom. The Morgan fingerprint density at radius 3 is 2.15 bits per heavy atom. The van der Waals surface area contributed by atoms with Crippen LogP contribution in [-0.4, -0.2) is 23.8 Å². The number of amides is 2. The zero-order valence-electron chi connectivity index (χ0n) is 15.2. The number of carbonyl (C=O) groups is 2. The first-order chi connectivity index (χ1) is 13.1. The maximum absolute atomic E-state index is 12.6. The summed E-state index contributed by atoms with van der Waals surface area (Å²) in [5, 5.41) is 0. The lowest BCUT2D eigenvalue weighted by Gasteiger charge is -2.16. The number of nitrogens with zero attached hydrogens (tertiary/aromatic N) is 1. The fraction of sp³-hybridized carbons (Fsp3) is 0.130. The van der Waals surface area contributed by atoms with Gasteiger partial charge in [0.05, 0.1) is 24.8 Å². The molecule has 0 N–H and O–H groups in total. The molecule has 3 aromatic rings. The molecule has 1 aliphatic rings. The fourth-order valence-corrected chi connectivity index (χ4v) is 3.46. The van der Waals surface area contributed by atoms with Gasteiger partial charge in [0, 0.05) is 5.56 Å². The van der Waals surface area contributed by atoms with E-state index >= 15 is 0 Å². The molecule has 0 fully saturated rings. The number of hydrogen-bond acceptors (Lipinski definition) is 3. The van der Waals surface area contributed by atoms with Crippen LogP contribution in [0.15, 0.2) is 66.7 Å². The Balaban J connectivity index is 1.69. The van der Waals surface area contributed by atoms with Crippen molar-refractivity contribution in [2.24, 2.45) is 0 Å². The average molecular weight is 357 g/mol. The molecular weight excluding hydrogens is 338 g/mol. The summed E-state index contributed by atoms with van der Waals surface area (Å²) in [6.07, 6.45) is 0. The van der Waals surface area contributed by atoms with Crippen LogP contribution in [0.25, 0.3) is 11.1 Å². The van der Waals surface area contributed by atoms with Crippen LogP contribution >= 0.6 is 0 Å². The lowest BCUT2D eigenvalue weighted by molar-refractivity contribution is 0.0642.